The van der Waals surface area contributed by atoms with Crippen molar-refractivity contribution in [3.63, 3.8) is 0 Å². The zero-order valence-corrected chi connectivity index (χ0v) is 19.6. The Hall–Kier alpha value is -4.14. The van der Waals surface area contributed by atoms with Crippen LogP contribution < -0.4 is 15.4 Å². The largest absolute Gasteiger partial charge is 0.497 e. The number of carbonyl (C=O) groups is 1. The number of hydrogen-bond donors (Lipinski definition) is 2. The predicted molar refractivity (Wildman–Crippen MR) is 128 cm³/mol. The first kappa shape index (κ1) is 23.0. The number of hydrogen-bond acceptors (Lipinski definition) is 7. The van der Waals surface area contributed by atoms with Gasteiger partial charge in [-0.25, -0.2) is 9.78 Å². The van der Waals surface area contributed by atoms with Gasteiger partial charge in [0.2, 0.25) is 17.6 Å². The molecule has 9 heteroatoms. The van der Waals surface area contributed by atoms with Crippen LogP contribution in [0.1, 0.15) is 32.4 Å². The van der Waals surface area contributed by atoms with Crippen LogP contribution in [0.4, 0.5) is 10.5 Å². The average molecular weight is 462 g/mol. The Balaban J connectivity index is 1.26. The maximum Gasteiger partial charge on any atom is 0.319 e. The van der Waals surface area contributed by atoms with Gasteiger partial charge in [-0.05, 0) is 48.5 Å². The van der Waals surface area contributed by atoms with E-state index >= 15 is 0 Å². The van der Waals surface area contributed by atoms with E-state index in [2.05, 4.69) is 25.8 Å². The van der Waals surface area contributed by atoms with Gasteiger partial charge in [0, 0.05) is 35.2 Å². The fourth-order valence-corrected chi connectivity index (χ4v) is 3.12. The highest BCUT2D eigenvalue weighted by molar-refractivity contribution is 5.89. The summed E-state index contributed by atoms with van der Waals surface area (Å²) in [5.74, 6) is 2.39. The molecule has 9 nitrogen and oxygen atoms in total. The molecule has 4 aromatic rings. The average Bonchev–Trinajstić information content (AvgIpc) is 3.50. The number of methoxy groups -OCH3 is 1. The highest BCUT2D eigenvalue weighted by Gasteiger charge is 2.22. The number of rotatable bonds is 7. The van der Waals surface area contributed by atoms with Gasteiger partial charge < -0.3 is 24.3 Å². The summed E-state index contributed by atoms with van der Waals surface area (Å²) >= 11 is 0. The predicted octanol–water partition coefficient (Wildman–Crippen LogP) is 5.06. The van der Waals surface area contributed by atoms with Crippen molar-refractivity contribution in [1.82, 2.24) is 20.4 Å². The first-order valence-corrected chi connectivity index (χ1v) is 10.9. The molecule has 0 aliphatic heterocycles. The van der Waals surface area contributed by atoms with Gasteiger partial charge in [0.25, 0.3) is 0 Å². The molecule has 0 aliphatic carbocycles. The van der Waals surface area contributed by atoms with E-state index in [1.165, 1.54) is 0 Å². The highest BCUT2D eigenvalue weighted by Crippen LogP contribution is 2.25. The van der Waals surface area contributed by atoms with E-state index in [4.69, 9.17) is 13.7 Å². The van der Waals surface area contributed by atoms with Gasteiger partial charge in [-0.3, -0.25) is 0 Å². The standard InChI is InChI=1S/C25H27N5O4/c1-25(2,3)23-29-21(30-34-23)16-5-9-18(10-6-16)28-24(31)26-14-13-19-15-33-22(27-19)17-7-11-20(32-4)12-8-17/h5-12,15H,13-14H2,1-4H3,(H2,26,28,31). The summed E-state index contributed by atoms with van der Waals surface area (Å²) in [5, 5.41) is 9.67. The van der Waals surface area contributed by atoms with Gasteiger partial charge in [-0.1, -0.05) is 25.9 Å². The van der Waals surface area contributed by atoms with Crippen LogP contribution in [0.5, 0.6) is 5.75 Å². The molecule has 4 rings (SSSR count). The second kappa shape index (κ2) is 9.78. The van der Waals surface area contributed by atoms with Crippen molar-refractivity contribution >= 4 is 11.7 Å². The second-order valence-corrected chi connectivity index (χ2v) is 8.75. The van der Waals surface area contributed by atoms with Crippen molar-refractivity contribution in [3.8, 4) is 28.6 Å². The molecule has 0 bridgehead atoms. The van der Waals surface area contributed by atoms with Crippen molar-refractivity contribution in [2.75, 3.05) is 19.0 Å². The summed E-state index contributed by atoms with van der Waals surface area (Å²) in [6.07, 6.45) is 2.14. The maximum absolute atomic E-state index is 12.2. The molecule has 0 unspecified atom stereocenters. The summed E-state index contributed by atoms with van der Waals surface area (Å²) in [7, 11) is 1.62. The molecule has 2 heterocycles. The molecule has 0 spiro atoms. The Morgan fingerprint density at radius 1 is 1.00 bits per heavy atom. The van der Waals surface area contributed by atoms with Crippen molar-refractivity contribution in [2.24, 2.45) is 0 Å². The van der Waals surface area contributed by atoms with E-state index in [0.717, 1.165) is 22.6 Å². The third kappa shape index (κ3) is 5.61. The molecule has 0 saturated carbocycles. The Morgan fingerprint density at radius 3 is 2.35 bits per heavy atom. The number of nitrogens with one attached hydrogen (secondary N) is 2. The van der Waals surface area contributed by atoms with Gasteiger partial charge in [0.1, 0.15) is 12.0 Å². The van der Waals surface area contributed by atoms with Crippen LogP contribution in [0, 0.1) is 0 Å². The van der Waals surface area contributed by atoms with Crippen LogP contribution in [0.25, 0.3) is 22.8 Å². The third-order valence-corrected chi connectivity index (χ3v) is 5.02. The monoisotopic (exact) mass is 461 g/mol. The lowest BCUT2D eigenvalue weighted by Gasteiger charge is -2.10. The van der Waals surface area contributed by atoms with Crippen molar-refractivity contribution < 1.29 is 18.5 Å². The topological polar surface area (TPSA) is 115 Å². The Kier molecular flexibility index (Phi) is 6.62. The lowest BCUT2D eigenvalue weighted by Crippen LogP contribution is -2.30. The molecule has 0 radical (unpaired) electrons. The molecule has 2 aromatic heterocycles. The third-order valence-electron chi connectivity index (χ3n) is 5.02. The van der Waals surface area contributed by atoms with Crippen LogP contribution >= 0.6 is 0 Å². The second-order valence-electron chi connectivity index (χ2n) is 8.75. The molecule has 0 atom stereocenters. The fourth-order valence-electron chi connectivity index (χ4n) is 3.12. The summed E-state index contributed by atoms with van der Waals surface area (Å²) in [6, 6.07) is 14.4. The van der Waals surface area contributed by atoms with Gasteiger partial charge in [0.05, 0.1) is 12.8 Å². The summed E-state index contributed by atoms with van der Waals surface area (Å²) in [4.78, 5) is 21.2. The van der Waals surface area contributed by atoms with E-state index in [-0.39, 0.29) is 11.4 Å². The van der Waals surface area contributed by atoms with Crippen LogP contribution in [0.15, 0.2) is 63.7 Å². The number of ether oxygens (including phenoxy) is 1. The van der Waals surface area contributed by atoms with E-state index in [1.807, 2.05) is 57.2 Å². The zero-order valence-electron chi connectivity index (χ0n) is 19.6. The zero-order chi connectivity index (χ0) is 24.1. The molecule has 2 aromatic carbocycles. The lowest BCUT2D eigenvalue weighted by molar-refractivity contribution is 0.252. The first-order chi connectivity index (χ1) is 16.3. The van der Waals surface area contributed by atoms with Crippen LogP contribution in [0.2, 0.25) is 0 Å². The van der Waals surface area contributed by atoms with E-state index in [0.29, 0.717) is 36.3 Å². The smallest absolute Gasteiger partial charge is 0.319 e. The summed E-state index contributed by atoms with van der Waals surface area (Å²) < 4.78 is 16.0. The van der Waals surface area contributed by atoms with E-state index < -0.39 is 0 Å². The van der Waals surface area contributed by atoms with Crippen molar-refractivity contribution in [3.05, 3.63) is 66.4 Å². The number of carbonyl (C=O) groups excluding carboxylic acids is 1. The fraction of sp³-hybridized carbons (Fsp3) is 0.280. The molecular formula is C25H27N5O4. The SMILES string of the molecule is COc1ccc(-c2nc(CCNC(=O)Nc3ccc(-c4noc(C(C)(C)C)n4)cc3)co2)cc1. The lowest BCUT2D eigenvalue weighted by atomic mass is 9.97. The van der Waals surface area contributed by atoms with Crippen molar-refractivity contribution in [1.29, 1.82) is 0 Å². The summed E-state index contributed by atoms with van der Waals surface area (Å²) in [5.41, 5.74) is 2.86. The van der Waals surface area contributed by atoms with Crippen LogP contribution in [0.3, 0.4) is 0 Å². The Labute approximate surface area is 197 Å². The minimum atomic E-state index is -0.304. The van der Waals surface area contributed by atoms with E-state index in [9.17, 15) is 4.79 Å². The number of amides is 2. The molecule has 0 fully saturated rings. The number of nitrogens with zero attached hydrogens (tertiary/aromatic N) is 3. The molecule has 2 N–H and O–H groups in total. The van der Waals surface area contributed by atoms with Crippen LogP contribution in [-0.4, -0.2) is 34.8 Å². The number of anilines is 1. The van der Waals surface area contributed by atoms with Gasteiger partial charge in [-0.2, -0.15) is 4.98 Å². The molecular weight excluding hydrogens is 434 g/mol. The molecule has 176 valence electrons. The molecule has 0 saturated heterocycles. The Bertz CT molecular complexity index is 1240. The highest BCUT2D eigenvalue weighted by atomic mass is 16.5. The summed E-state index contributed by atoms with van der Waals surface area (Å²) in [6.45, 7) is 6.45. The van der Waals surface area contributed by atoms with Gasteiger partial charge >= 0.3 is 6.03 Å². The minimum Gasteiger partial charge on any atom is -0.497 e. The maximum atomic E-state index is 12.2. The van der Waals surface area contributed by atoms with Crippen LogP contribution in [-0.2, 0) is 11.8 Å². The first-order valence-electron chi connectivity index (χ1n) is 10.9. The quantitative estimate of drug-likeness (QED) is 0.395. The normalized spacial score (nSPS) is 11.3. The number of oxazole rings is 1. The number of benzene rings is 2. The minimum absolute atomic E-state index is 0.214. The van der Waals surface area contributed by atoms with Gasteiger partial charge in [-0.15, -0.1) is 0 Å². The number of aromatic nitrogens is 3. The van der Waals surface area contributed by atoms with E-state index in [1.54, 1.807) is 25.5 Å². The van der Waals surface area contributed by atoms with Crippen molar-refractivity contribution in [2.45, 2.75) is 32.6 Å². The molecule has 0 aliphatic rings. The molecule has 2 amide bonds. The number of urea groups is 1. The Morgan fingerprint density at radius 2 is 1.71 bits per heavy atom. The molecule has 34 heavy (non-hydrogen) atoms. The van der Waals surface area contributed by atoms with Gasteiger partial charge in [0.15, 0.2) is 0 Å².